The molecular formula is C13H20ClNO. The van der Waals surface area contributed by atoms with Gasteiger partial charge in [0.1, 0.15) is 0 Å². The van der Waals surface area contributed by atoms with Crippen LogP contribution in [0.4, 0.5) is 0 Å². The van der Waals surface area contributed by atoms with Crippen LogP contribution in [0.2, 0.25) is 5.02 Å². The van der Waals surface area contributed by atoms with Crippen molar-refractivity contribution < 1.29 is 5.11 Å². The molecule has 0 unspecified atom stereocenters. The van der Waals surface area contributed by atoms with Crippen molar-refractivity contribution in [1.82, 2.24) is 5.32 Å². The van der Waals surface area contributed by atoms with E-state index in [1.54, 1.807) is 0 Å². The van der Waals surface area contributed by atoms with Crippen molar-refractivity contribution in [2.24, 2.45) is 0 Å². The summed E-state index contributed by atoms with van der Waals surface area (Å²) in [6, 6.07) is 7.78. The van der Waals surface area contributed by atoms with Crippen LogP contribution in [0, 0.1) is 0 Å². The van der Waals surface area contributed by atoms with Crippen molar-refractivity contribution >= 4 is 11.6 Å². The number of hydrogen-bond donors (Lipinski definition) is 2. The van der Waals surface area contributed by atoms with Gasteiger partial charge in [-0.15, -0.1) is 0 Å². The zero-order valence-electron chi connectivity index (χ0n) is 9.96. The van der Waals surface area contributed by atoms with Crippen LogP contribution in [-0.2, 0) is 6.54 Å². The van der Waals surface area contributed by atoms with Gasteiger partial charge in [-0.2, -0.15) is 0 Å². The second kappa shape index (κ2) is 6.24. The van der Waals surface area contributed by atoms with Gasteiger partial charge in [-0.05, 0) is 24.5 Å². The molecule has 0 saturated heterocycles. The zero-order valence-corrected chi connectivity index (χ0v) is 10.7. The van der Waals surface area contributed by atoms with Crippen LogP contribution in [0.5, 0.6) is 0 Å². The third kappa shape index (κ3) is 3.21. The van der Waals surface area contributed by atoms with E-state index in [0.29, 0.717) is 6.54 Å². The first-order chi connectivity index (χ1) is 7.67. The largest absolute Gasteiger partial charge is 0.394 e. The molecule has 0 aromatic heterocycles. The van der Waals surface area contributed by atoms with E-state index in [-0.39, 0.29) is 12.1 Å². The molecule has 0 saturated carbocycles. The molecule has 16 heavy (non-hydrogen) atoms. The summed E-state index contributed by atoms with van der Waals surface area (Å²) in [5, 5.41) is 13.6. The highest BCUT2D eigenvalue weighted by Crippen LogP contribution is 2.18. The number of nitrogens with one attached hydrogen (secondary N) is 1. The Hall–Kier alpha value is -0.570. The maximum absolute atomic E-state index is 9.43. The summed E-state index contributed by atoms with van der Waals surface area (Å²) in [4.78, 5) is 0. The van der Waals surface area contributed by atoms with Gasteiger partial charge in [-0.3, -0.25) is 0 Å². The van der Waals surface area contributed by atoms with E-state index in [4.69, 9.17) is 11.6 Å². The van der Waals surface area contributed by atoms with Gasteiger partial charge in [0.15, 0.2) is 0 Å². The first-order valence-corrected chi connectivity index (χ1v) is 6.14. The van der Waals surface area contributed by atoms with E-state index >= 15 is 0 Å². The Morgan fingerprint density at radius 3 is 2.38 bits per heavy atom. The normalized spacial score (nSPS) is 11.8. The molecule has 0 aliphatic rings. The Bertz CT molecular complexity index is 315. The predicted octanol–water partition coefficient (Wildman–Crippen LogP) is 2.98. The molecule has 0 aliphatic carbocycles. The summed E-state index contributed by atoms with van der Waals surface area (Å²) in [6.07, 6.45) is 1.81. The average molecular weight is 242 g/mol. The summed E-state index contributed by atoms with van der Waals surface area (Å²) in [6.45, 7) is 5.02. The van der Waals surface area contributed by atoms with Gasteiger partial charge in [0.05, 0.1) is 6.61 Å². The van der Waals surface area contributed by atoms with E-state index in [9.17, 15) is 5.11 Å². The Morgan fingerprint density at radius 1 is 1.25 bits per heavy atom. The fourth-order valence-electron chi connectivity index (χ4n) is 1.70. The topological polar surface area (TPSA) is 32.3 Å². The Morgan fingerprint density at radius 2 is 1.88 bits per heavy atom. The highest BCUT2D eigenvalue weighted by Gasteiger charge is 2.24. The van der Waals surface area contributed by atoms with Gasteiger partial charge in [0.2, 0.25) is 0 Å². The number of aliphatic hydroxyl groups excluding tert-OH is 1. The van der Waals surface area contributed by atoms with E-state index in [1.165, 1.54) is 0 Å². The predicted molar refractivity (Wildman–Crippen MR) is 68.7 cm³/mol. The lowest BCUT2D eigenvalue weighted by atomic mass is 9.93. The van der Waals surface area contributed by atoms with Gasteiger partial charge < -0.3 is 10.4 Å². The van der Waals surface area contributed by atoms with Crippen molar-refractivity contribution in [3.8, 4) is 0 Å². The molecule has 2 N–H and O–H groups in total. The van der Waals surface area contributed by atoms with Gasteiger partial charge >= 0.3 is 0 Å². The molecular weight excluding hydrogens is 222 g/mol. The first kappa shape index (κ1) is 13.5. The molecule has 0 bridgehead atoms. The van der Waals surface area contributed by atoms with Crippen molar-refractivity contribution in [2.45, 2.75) is 38.8 Å². The van der Waals surface area contributed by atoms with E-state index in [0.717, 1.165) is 23.4 Å². The molecule has 0 heterocycles. The van der Waals surface area contributed by atoms with E-state index < -0.39 is 0 Å². The molecule has 0 atom stereocenters. The number of benzene rings is 1. The smallest absolute Gasteiger partial charge is 0.0613 e. The van der Waals surface area contributed by atoms with Crippen LogP contribution >= 0.6 is 11.6 Å². The summed E-state index contributed by atoms with van der Waals surface area (Å²) in [7, 11) is 0. The van der Waals surface area contributed by atoms with Crippen LogP contribution < -0.4 is 5.32 Å². The maximum Gasteiger partial charge on any atom is 0.0613 e. The molecule has 2 nitrogen and oxygen atoms in total. The minimum Gasteiger partial charge on any atom is -0.394 e. The zero-order chi connectivity index (χ0) is 12.0. The Kier molecular flexibility index (Phi) is 5.26. The SMILES string of the molecule is CCC(CC)(CO)NCc1ccccc1Cl. The number of rotatable bonds is 6. The molecule has 1 aromatic carbocycles. The highest BCUT2D eigenvalue weighted by atomic mass is 35.5. The molecule has 0 aliphatic heterocycles. The van der Waals surface area contributed by atoms with Crippen molar-refractivity contribution in [3.63, 3.8) is 0 Å². The lowest BCUT2D eigenvalue weighted by Crippen LogP contribution is -2.47. The summed E-state index contributed by atoms with van der Waals surface area (Å²) >= 11 is 6.08. The number of halogens is 1. The monoisotopic (exact) mass is 241 g/mol. The minimum absolute atomic E-state index is 0.157. The lowest BCUT2D eigenvalue weighted by molar-refractivity contribution is 0.149. The fourth-order valence-corrected chi connectivity index (χ4v) is 1.91. The maximum atomic E-state index is 9.43. The minimum atomic E-state index is -0.181. The molecule has 1 aromatic rings. The summed E-state index contributed by atoms with van der Waals surface area (Å²) in [5.74, 6) is 0. The van der Waals surface area contributed by atoms with Crippen LogP contribution in [0.1, 0.15) is 32.3 Å². The Balaban J connectivity index is 2.66. The fraction of sp³-hybridized carbons (Fsp3) is 0.538. The van der Waals surface area contributed by atoms with Crippen molar-refractivity contribution in [3.05, 3.63) is 34.9 Å². The summed E-state index contributed by atoms with van der Waals surface area (Å²) in [5.41, 5.74) is 0.892. The first-order valence-electron chi connectivity index (χ1n) is 5.76. The molecule has 90 valence electrons. The van der Waals surface area contributed by atoms with Crippen LogP contribution in [0.3, 0.4) is 0 Å². The Labute approximate surface area is 103 Å². The van der Waals surface area contributed by atoms with Gasteiger partial charge in [0, 0.05) is 17.1 Å². The third-order valence-electron chi connectivity index (χ3n) is 3.27. The molecule has 0 amide bonds. The molecule has 1 rings (SSSR count). The van der Waals surface area contributed by atoms with E-state index in [1.807, 2.05) is 24.3 Å². The standard InChI is InChI=1S/C13H20ClNO/c1-3-13(4-2,10-16)15-9-11-7-5-6-8-12(11)14/h5-8,15-16H,3-4,9-10H2,1-2H3. The summed E-state index contributed by atoms with van der Waals surface area (Å²) < 4.78 is 0. The molecule has 0 radical (unpaired) electrons. The number of hydrogen-bond acceptors (Lipinski definition) is 2. The second-order valence-electron chi connectivity index (χ2n) is 4.09. The average Bonchev–Trinajstić information content (AvgIpc) is 2.34. The van der Waals surface area contributed by atoms with E-state index in [2.05, 4.69) is 19.2 Å². The second-order valence-corrected chi connectivity index (χ2v) is 4.50. The van der Waals surface area contributed by atoms with Gasteiger partial charge in [0.25, 0.3) is 0 Å². The lowest BCUT2D eigenvalue weighted by Gasteiger charge is -2.31. The highest BCUT2D eigenvalue weighted by molar-refractivity contribution is 6.31. The van der Waals surface area contributed by atoms with Gasteiger partial charge in [-0.1, -0.05) is 43.6 Å². The van der Waals surface area contributed by atoms with Crippen LogP contribution in [-0.4, -0.2) is 17.3 Å². The van der Waals surface area contributed by atoms with Crippen molar-refractivity contribution in [2.75, 3.05) is 6.61 Å². The van der Waals surface area contributed by atoms with Crippen molar-refractivity contribution in [1.29, 1.82) is 0 Å². The van der Waals surface area contributed by atoms with Gasteiger partial charge in [-0.25, -0.2) is 0 Å². The third-order valence-corrected chi connectivity index (χ3v) is 3.64. The number of aliphatic hydroxyl groups is 1. The molecule has 0 spiro atoms. The van der Waals surface area contributed by atoms with Crippen LogP contribution in [0.25, 0.3) is 0 Å². The molecule has 0 fully saturated rings. The van der Waals surface area contributed by atoms with Crippen LogP contribution in [0.15, 0.2) is 24.3 Å². The molecule has 3 heteroatoms. The quantitative estimate of drug-likeness (QED) is 0.803.